The van der Waals surface area contributed by atoms with Crippen molar-refractivity contribution in [1.29, 1.82) is 0 Å². The fourth-order valence-electron chi connectivity index (χ4n) is 8.83. The lowest BCUT2D eigenvalue weighted by molar-refractivity contribution is 1.17. The highest BCUT2D eigenvalue weighted by Gasteiger charge is 2.16. The minimum Gasteiger partial charge on any atom is -0.309 e. The van der Waals surface area contributed by atoms with Crippen LogP contribution in [0.5, 0.6) is 0 Å². The highest BCUT2D eigenvalue weighted by atomic mass is 32.1. The van der Waals surface area contributed by atoms with E-state index in [9.17, 15) is 0 Å². The second kappa shape index (κ2) is 14.0. The summed E-state index contributed by atoms with van der Waals surface area (Å²) in [5.74, 6) is 0.709. The first-order valence-corrected chi connectivity index (χ1v) is 21.1. The average Bonchev–Trinajstić information content (AvgIpc) is 3.86. The quantitative estimate of drug-likeness (QED) is 0.168. The summed E-state index contributed by atoms with van der Waals surface area (Å²) in [7, 11) is 0. The molecule has 0 saturated carbocycles. The van der Waals surface area contributed by atoms with Gasteiger partial charge in [-0.3, -0.25) is 0 Å². The predicted octanol–water partition coefficient (Wildman–Crippen LogP) is 15.4. The first-order valence-electron chi connectivity index (χ1n) is 20.3. The molecule has 0 aliphatic heterocycles. The van der Waals surface area contributed by atoms with Crippen LogP contribution in [0.2, 0.25) is 0 Å². The predicted molar refractivity (Wildman–Crippen MR) is 254 cm³/mol. The zero-order chi connectivity index (χ0) is 39.6. The van der Waals surface area contributed by atoms with Crippen molar-refractivity contribution in [3.63, 3.8) is 0 Å². The van der Waals surface area contributed by atoms with E-state index in [4.69, 9.17) is 9.97 Å². The Labute approximate surface area is 351 Å². The molecule has 0 aliphatic carbocycles. The molecule has 0 spiro atoms. The summed E-state index contributed by atoms with van der Waals surface area (Å²) in [4.78, 5) is 10.3. The van der Waals surface area contributed by atoms with E-state index in [0.717, 1.165) is 33.4 Å². The molecule has 0 bridgehead atoms. The minimum atomic E-state index is 0.709. The maximum atomic E-state index is 5.21. The van der Waals surface area contributed by atoms with Crippen molar-refractivity contribution in [3.05, 3.63) is 212 Å². The molecule has 3 aromatic heterocycles. The van der Waals surface area contributed by atoms with Gasteiger partial charge < -0.3 is 4.57 Å². The zero-order valence-corrected chi connectivity index (χ0v) is 33.3. The molecule has 0 aliphatic rings. The molecule has 0 saturated heterocycles. The van der Waals surface area contributed by atoms with Crippen molar-refractivity contribution in [2.24, 2.45) is 0 Å². The van der Waals surface area contributed by atoms with Gasteiger partial charge in [0.1, 0.15) is 0 Å². The van der Waals surface area contributed by atoms with Gasteiger partial charge >= 0.3 is 0 Å². The summed E-state index contributed by atoms with van der Waals surface area (Å²) >= 11 is 1.86. The highest BCUT2D eigenvalue weighted by molar-refractivity contribution is 7.25. The minimum absolute atomic E-state index is 0.709. The van der Waals surface area contributed by atoms with Crippen molar-refractivity contribution >= 4 is 64.2 Å². The first-order chi connectivity index (χ1) is 29.7. The van der Waals surface area contributed by atoms with Gasteiger partial charge in [-0.05, 0) is 106 Å². The molecule has 0 atom stereocenters. The standard InChI is InChI=1S/C56H35N3S/c1-3-11-36(12-4-1)38-19-21-39(22-20-38)55-46-16-7-9-17-50(46)57-56(58-55)40-23-28-44(29-24-40)59-51-18-10-8-15-45(51)47-33-42(25-30-52(47)59)43-27-32-54-49(35-43)48-34-41(26-31-53(48)60-54)37-13-5-2-6-14-37/h1-35H. The van der Waals surface area contributed by atoms with Gasteiger partial charge in [-0.2, -0.15) is 0 Å². The van der Waals surface area contributed by atoms with Crippen LogP contribution < -0.4 is 0 Å². The third kappa shape index (κ3) is 5.80. The molecule has 0 fully saturated rings. The summed E-state index contributed by atoms with van der Waals surface area (Å²) in [6.45, 7) is 0. The van der Waals surface area contributed by atoms with Crippen LogP contribution in [-0.4, -0.2) is 14.5 Å². The third-order valence-electron chi connectivity index (χ3n) is 11.8. The Bertz CT molecular complexity index is 3570. The Morgan fingerprint density at radius 3 is 1.50 bits per heavy atom. The lowest BCUT2D eigenvalue weighted by Crippen LogP contribution is -1.97. The second-order valence-corrected chi connectivity index (χ2v) is 16.5. The van der Waals surface area contributed by atoms with Crippen LogP contribution in [0, 0.1) is 0 Å². The van der Waals surface area contributed by atoms with Crippen LogP contribution in [-0.2, 0) is 0 Å². The van der Waals surface area contributed by atoms with Gasteiger partial charge in [-0.15, -0.1) is 11.3 Å². The summed E-state index contributed by atoms with van der Waals surface area (Å²) in [5, 5.41) is 6.11. The number of aromatic nitrogens is 3. The van der Waals surface area contributed by atoms with Gasteiger partial charge in [0.05, 0.1) is 22.2 Å². The molecule has 3 nitrogen and oxygen atoms in total. The maximum Gasteiger partial charge on any atom is 0.160 e. The zero-order valence-electron chi connectivity index (χ0n) is 32.5. The molecule has 280 valence electrons. The molecule has 0 N–H and O–H groups in total. The summed E-state index contributed by atoms with van der Waals surface area (Å²) in [6, 6.07) is 76.3. The number of fused-ring (bicyclic) bond motifs is 7. The molecule has 0 unspecified atom stereocenters. The molecule has 0 amide bonds. The van der Waals surface area contributed by atoms with Crippen LogP contribution in [0.1, 0.15) is 0 Å². The van der Waals surface area contributed by atoms with E-state index in [0.29, 0.717) is 5.82 Å². The van der Waals surface area contributed by atoms with Gasteiger partial charge in [0.2, 0.25) is 0 Å². The number of thiophene rings is 1. The van der Waals surface area contributed by atoms with E-state index in [1.807, 2.05) is 23.5 Å². The van der Waals surface area contributed by atoms with Gasteiger partial charge in [0.25, 0.3) is 0 Å². The van der Waals surface area contributed by atoms with E-state index in [2.05, 4.69) is 205 Å². The Morgan fingerprint density at radius 1 is 0.317 bits per heavy atom. The SMILES string of the molecule is c1ccc(-c2ccc(-c3nc(-c4ccc(-n5c6ccccc6c6cc(-c7ccc8sc9ccc(-c%10ccccc%10)cc9c8c7)ccc65)cc4)nc4ccccc34)cc2)cc1. The fraction of sp³-hybridized carbons (Fsp3) is 0. The van der Waals surface area contributed by atoms with Crippen LogP contribution in [0.4, 0.5) is 0 Å². The van der Waals surface area contributed by atoms with Crippen molar-refractivity contribution in [2.45, 2.75) is 0 Å². The number of rotatable bonds is 6. The monoisotopic (exact) mass is 781 g/mol. The Kier molecular flexibility index (Phi) is 8.03. The van der Waals surface area contributed by atoms with Crippen LogP contribution in [0.3, 0.4) is 0 Å². The largest absolute Gasteiger partial charge is 0.309 e. The summed E-state index contributed by atoms with van der Waals surface area (Å²) in [6.07, 6.45) is 0. The van der Waals surface area contributed by atoms with E-state index in [-0.39, 0.29) is 0 Å². The van der Waals surface area contributed by atoms with Crippen molar-refractivity contribution in [3.8, 4) is 61.7 Å². The third-order valence-corrected chi connectivity index (χ3v) is 13.0. The Hall–Kier alpha value is -7.66. The second-order valence-electron chi connectivity index (χ2n) is 15.4. The number of hydrogen-bond acceptors (Lipinski definition) is 3. The number of hydrogen-bond donors (Lipinski definition) is 0. The number of para-hydroxylation sites is 2. The van der Waals surface area contributed by atoms with E-state index in [1.165, 1.54) is 75.4 Å². The molecule has 60 heavy (non-hydrogen) atoms. The van der Waals surface area contributed by atoms with E-state index in [1.54, 1.807) is 0 Å². The van der Waals surface area contributed by atoms with Gasteiger partial charge in [-0.1, -0.05) is 140 Å². The smallest absolute Gasteiger partial charge is 0.160 e. The normalized spacial score (nSPS) is 11.7. The number of benzene rings is 9. The summed E-state index contributed by atoms with van der Waals surface area (Å²) < 4.78 is 5.00. The summed E-state index contributed by atoms with van der Waals surface area (Å²) in [5.41, 5.74) is 14.6. The molecular weight excluding hydrogens is 747 g/mol. The lowest BCUT2D eigenvalue weighted by Gasteiger charge is -2.12. The van der Waals surface area contributed by atoms with Crippen LogP contribution in [0.15, 0.2) is 212 Å². The molecule has 12 aromatic rings. The van der Waals surface area contributed by atoms with Gasteiger partial charge in [-0.25, -0.2) is 9.97 Å². The molecule has 0 radical (unpaired) electrons. The molecular formula is C56H35N3S. The van der Waals surface area contributed by atoms with Crippen LogP contribution in [0.25, 0.3) is 115 Å². The van der Waals surface area contributed by atoms with Gasteiger partial charge in [0, 0.05) is 53.1 Å². The van der Waals surface area contributed by atoms with Crippen molar-refractivity contribution < 1.29 is 0 Å². The maximum absolute atomic E-state index is 5.21. The lowest BCUT2D eigenvalue weighted by atomic mass is 9.99. The topological polar surface area (TPSA) is 30.7 Å². The van der Waals surface area contributed by atoms with Gasteiger partial charge in [0.15, 0.2) is 5.82 Å². The Morgan fingerprint density at radius 2 is 0.800 bits per heavy atom. The average molecular weight is 782 g/mol. The molecule has 12 rings (SSSR count). The fourth-order valence-corrected chi connectivity index (χ4v) is 9.90. The molecule has 4 heteroatoms. The molecule has 9 aromatic carbocycles. The van der Waals surface area contributed by atoms with Crippen molar-refractivity contribution in [1.82, 2.24) is 14.5 Å². The molecule has 3 heterocycles. The number of nitrogens with zero attached hydrogens (tertiary/aromatic N) is 3. The first kappa shape index (κ1) is 34.4. The Balaban J connectivity index is 0.917. The van der Waals surface area contributed by atoms with E-state index < -0.39 is 0 Å². The van der Waals surface area contributed by atoms with Crippen molar-refractivity contribution in [2.75, 3.05) is 0 Å². The highest BCUT2D eigenvalue weighted by Crippen LogP contribution is 2.41. The van der Waals surface area contributed by atoms with E-state index >= 15 is 0 Å². The van der Waals surface area contributed by atoms with Crippen LogP contribution >= 0.6 is 11.3 Å².